The lowest BCUT2D eigenvalue weighted by atomic mass is 10.2. The molecule has 146 valence electrons. The van der Waals surface area contributed by atoms with Crippen LogP contribution in [-0.2, 0) is 11.3 Å². The molecule has 1 heterocycles. The highest BCUT2D eigenvalue weighted by atomic mass is 16.5. The summed E-state index contributed by atoms with van der Waals surface area (Å²) in [5.41, 5.74) is 6.35. The summed E-state index contributed by atoms with van der Waals surface area (Å²) in [5.74, 6) is 1.52. The predicted octanol–water partition coefficient (Wildman–Crippen LogP) is 1.05. The van der Waals surface area contributed by atoms with Gasteiger partial charge in [0.1, 0.15) is 0 Å². The predicted molar refractivity (Wildman–Crippen MR) is 102 cm³/mol. The molecule has 2 aromatic rings. The molecule has 1 saturated carbocycles. The Morgan fingerprint density at radius 3 is 2.70 bits per heavy atom. The van der Waals surface area contributed by atoms with Gasteiger partial charge in [0.25, 0.3) is 5.56 Å². The SMILES string of the molecule is COc1cc2ncn(CCCC(=O)NCC(N)C3CC3)c(=O)c2cc1OC. The lowest BCUT2D eigenvalue weighted by molar-refractivity contribution is -0.121. The van der Waals surface area contributed by atoms with Gasteiger partial charge in [-0.05, 0) is 31.2 Å². The van der Waals surface area contributed by atoms with Crippen LogP contribution in [0.5, 0.6) is 11.5 Å². The number of aromatic nitrogens is 2. The normalized spacial score (nSPS) is 14.8. The van der Waals surface area contributed by atoms with Crippen LogP contribution in [0.1, 0.15) is 25.7 Å². The van der Waals surface area contributed by atoms with Crippen LogP contribution < -0.4 is 26.1 Å². The van der Waals surface area contributed by atoms with E-state index in [-0.39, 0.29) is 17.5 Å². The number of ether oxygens (including phenoxy) is 2. The number of hydrogen-bond donors (Lipinski definition) is 2. The average molecular weight is 374 g/mol. The Bertz CT molecular complexity index is 876. The molecular formula is C19H26N4O4. The van der Waals surface area contributed by atoms with Gasteiger partial charge < -0.3 is 20.5 Å². The quantitative estimate of drug-likeness (QED) is 0.679. The molecule has 3 rings (SSSR count). The van der Waals surface area contributed by atoms with Crippen molar-refractivity contribution in [2.75, 3.05) is 20.8 Å². The third kappa shape index (κ3) is 4.57. The molecule has 8 heteroatoms. The molecule has 0 bridgehead atoms. The smallest absolute Gasteiger partial charge is 0.261 e. The number of aryl methyl sites for hydroxylation is 1. The van der Waals surface area contributed by atoms with E-state index >= 15 is 0 Å². The lowest BCUT2D eigenvalue weighted by Gasteiger charge is -2.12. The number of fused-ring (bicyclic) bond motifs is 1. The number of benzene rings is 1. The van der Waals surface area contributed by atoms with E-state index in [2.05, 4.69) is 10.3 Å². The number of nitrogens with one attached hydrogen (secondary N) is 1. The van der Waals surface area contributed by atoms with E-state index in [1.807, 2.05) is 0 Å². The zero-order valence-electron chi connectivity index (χ0n) is 15.7. The Hall–Kier alpha value is -2.61. The van der Waals surface area contributed by atoms with Crippen LogP contribution in [0, 0.1) is 5.92 Å². The molecule has 1 unspecified atom stereocenters. The number of carbonyl (C=O) groups excluding carboxylic acids is 1. The van der Waals surface area contributed by atoms with E-state index in [0.29, 0.717) is 54.3 Å². The Balaban J connectivity index is 1.60. The van der Waals surface area contributed by atoms with E-state index in [0.717, 1.165) is 12.8 Å². The highest BCUT2D eigenvalue weighted by Crippen LogP contribution is 2.31. The van der Waals surface area contributed by atoms with Crippen molar-refractivity contribution >= 4 is 16.8 Å². The first kappa shape index (κ1) is 19.2. The van der Waals surface area contributed by atoms with Gasteiger partial charge in [0.05, 0.1) is 31.4 Å². The van der Waals surface area contributed by atoms with Crippen LogP contribution in [0.4, 0.5) is 0 Å². The minimum Gasteiger partial charge on any atom is -0.493 e. The lowest BCUT2D eigenvalue weighted by Crippen LogP contribution is -2.38. The second kappa shape index (κ2) is 8.39. The summed E-state index contributed by atoms with van der Waals surface area (Å²) in [6, 6.07) is 3.36. The maximum Gasteiger partial charge on any atom is 0.261 e. The van der Waals surface area contributed by atoms with Gasteiger partial charge in [0, 0.05) is 31.6 Å². The topological polar surface area (TPSA) is 108 Å². The van der Waals surface area contributed by atoms with Gasteiger partial charge in [0.2, 0.25) is 5.91 Å². The van der Waals surface area contributed by atoms with Crippen LogP contribution in [-0.4, -0.2) is 42.3 Å². The van der Waals surface area contributed by atoms with Gasteiger partial charge in [-0.25, -0.2) is 4.98 Å². The van der Waals surface area contributed by atoms with Crippen molar-refractivity contribution in [3.05, 3.63) is 28.8 Å². The zero-order valence-corrected chi connectivity index (χ0v) is 15.7. The Kier molecular flexibility index (Phi) is 5.95. The maximum absolute atomic E-state index is 12.7. The van der Waals surface area contributed by atoms with Crippen LogP contribution in [0.2, 0.25) is 0 Å². The Labute approximate surface area is 157 Å². The molecule has 1 fully saturated rings. The molecule has 1 aromatic carbocycles. The van der Waals surface area contributed by atoms with Crippen molar-refractivity contribution in [2.45, 2.75) is 38.3 Å². The third-order valence-electron chi connectivity index (χ3n) is 4.89. The molecular weight excluding hydrogens is 348 g/mol. The number of nitrogens with zero attached hydrogens (tertiary/aromatic N) is 2. The zero-order chi connectivity index (χ0) is 19.4. The Morgan fingerprint density at radius 2 is 2.04 bits per heavy atom. The minimum absolute atomic E-state index is 0.0423. The molecule has 0 saturated heterocycles. The number of amides is 1. The van der Waals surface area contributed by atoms with Crippen LogP contribution in [0.15, 0.2) is 23.3 Å². The van der Waals surface area contributed by atoms with Gasteiger partial charge in [-0.3, -0.25) is 14.2 Å². The molecule has 0 spiro atoms. The summed E-state index contributed by atoms with van der Waals surface area (Å²) in [6.45, 7) is 0.931. The van der Waals surface area contributed by atoms with Gasteiger partial charge in [-0.2, -0.15) is 0 Å². The van der Waals surface area contributed by atoms with Crippen LogP contribution in [0.3, 0.4) is 0 Å². The second-order valence-electron chi connectivity index (χ2n) is 6.88. The van der Waals surface area contributed by atoms with Crippen molar-refractivity contribution in [1.29, 1.82) is 0 Å². The van der Waals surface area contributed by atoms with Gasteiger partial charge >= 0.3 is 0 Å². The highest BCUT2D eigenvalue weighted by Gasteiger charge is 2.28. The summed E-state index contributed by atoms with van der Waals surface area (Å²) in [4.78, 5) is 28.9. The van der Waals surface area contributed by atoms with E-state index in [4.69, 9.17) is 15.2 Å². The van der Waals surface area contributed by atoms with E-state index < -0.39 is 0 Å². The Morgan fingerprint density at radius 1 is 1.33 bits per heavy atom. The van der Waals surface area contributed by atoms with Crippen molar-refractivity contribution in [3.8, 4) is 11.5 Å². The largest absolute Gasteiger partial charge is 0.493 e. The first-order valence-corrected chi connectivity index (χ1v) is 9.17. The fraction of sp³-hybridized carbons (Fsp3) is 0.526. The van der Waals surface area contributed by atoms with E-state index in [1.165, 1.54) is 25.1 Å². The summed E-state index contributed by atoms with van der Waals surface area (Å²) < 4.78 is 12.0. The van der Waals surface area contributed by atoms with Crippen LogP contribution in [0.25, 0.3) is 10.9 Å². The average Bonchev–Trinajstić information content (AvgIpc) is 3.52. The highest BCUT2D eigenvalue weighted by molar-refractivity contribution is 5.81. The molecule has 1 aromatic heterocycles. The summed E-state index contributed by atoms with van der Waals surface area (Å²) in [6.07, 6.45) is 4.70. The number of methoxy groups -OCH3 is 2. The molecule has 0 aliphatic heterocycles. The molecule has 1 amide bonds. The molecule has 1 aliphatic carbocycles. The fourth-order valence-electron chi connectivity index (χ4n) is 3.07. The maximum atomic E-state index is 12.7. The summed E-state index contributed by atoms with van der Waals surface area (Å²) >= 11 is 0. The first-order chi connectivity index (χ1) is 13.0. The van der Waals surface area contributed by atoms with E-state index in [1.54, 1.807) is 12.1 Å². The molecule has 3 N–H and O–H groups in total. The number of hydrogen-bond acceptors (Lipinski definition) is 6. The van der Waals surface area contributed by atoms with Gasteiger partial charge in [-0.15, -0.1) is 0 Å². The third-order valence-corrected chi connectivity index (χ3v) is 4.89. The molecule has 27 heavy (non-hydrogen) atoms. The summed E-state index contributed by atoms with van der Waals surface area (Å²) in [5, 5.41) is 3.32. The van der Waals surface area contributed by atoms with Crippen molar-refractivity contribution in [1.82, 2.24) is 14.9 Å². The fourth-order valence-corrected chi connectivity index (χ4v) is 3.07. The second-order valence-corrected chi connectivity index (χ2v) is 6.88. The number of rotatable bonds is 9. The monoisotopic (exact) mass is 374 g/mol. The minimum atomic E-state index is -0.169. The van der Waals surface area contributed by atoms with Crippen molar-refractivity contribution in [2.24, 2.45) is 11.7 Å². The molecule has 0 radical (unpaired) electrons. The first-order valence-electron chi connectivity index (χ1n) is 9.17. The van der Waals surface area contributed by atoms with Crippen LogP contribution >= 0.6 is 0 Å². The molecule has 8 nitrogen and oxygen atoms in total. The van der Waals surface area contributed by atoms with Crippen molar-refractivity contribution in [3.63, 3.8) is 0 Å². The van der Waals surface area contributed by atoms with Gasteiger partial charge in [0.15, 0.2) is 11.5 Å². The molecule has 1 aliphatic rings. The number of nitrogens with two attached hydrogens (primary N) is 1. The van der Waals surface area contributed by atoms with Gasteiger partial charge in [-0.1, -0.05) is 0 Å². The number of carbonyl (C=O) groups is 1. The van der Waals surface area contributed by atoms with E-state index in [9.17, 15) is 9.59 Å². The summed E-state index contributed by atoms with van der Waals surface area (Å²) in [7, 11) is 3.06. The van der Waals surface area contributed by atoms with Crippen molar-refractivity contribution < 1.29 is 14.3 Å². The standard InChI is InChI=1S/C19H26N4O4/c1-26-16-8-13-15(9-17(16)27-2)22-11-23(19(13)25)7-3-4-18(24)21-10-14(20)12-5-6-12/h8-9,11-12,14H,3-7,10,20H2,1-2H3,(H,21,24). The molecule has 1 atom stereocenters.